The van der Waals surface area contributed by atoms with Gasteiger partial charge in [0.2, 0.25) is 0 Å². The van der Waals surface area contributed by atoms with Gasteiger partial charge in [-0.2, -0.15) is 0 Å². The highest BCUT2D eigenvalue weighted by molar-refractivity contribution is 7.00. The van der Waals surface area contributed by atoms with Crippen LogP contribution in [0.1, 0.15) is 11.3 Å². The van der Waals surface area contributed by atoms with Gasteiger partial charge in [-0.3, -0.25) is 0 Å². The van der Waals surface area contributed by atoms with Gasteiger partial charge in [0.1, 0.15) is 0 Å². The third-order valence-corrected chi connectivity index (χ3v) is 9.86. The molecule has 0 fully saturated rings. The second kappa shape index (κ2) is 8.50. The van der Waals surface area contributed by atoms with E-state index in [4.69, 9.17) is 0 Å². The van der Waals surface area contributed by atoms with Crippen LogP contribution in [0.5, 0.6) is 0 Å². The van der Waals surface area contributed by atoms with E-state index >= 15 is 0 Å². The maximum atomic E-state index is 2.50. The van der Waals surface area contributed by atoms with Crippen molar-refractivity contribution in [2.24, 2.45) is 0 Å². The fraction of sp³-hybridized carbons (Fsp3) is 0.0769. The number of benzene rings is 6. The lowest BCUT2D eigenvalue weighted by Crippen LogP contribution is -2.60. The van der Waals surface area contributed by atoms with E-state index in [2.05, 4.69) is 152 Å². The van der Waals surface area contributed by atoms with E-state index < -0.39 is 0 Å². The normalized spacial score (nSPS) is 13.0. The standard InChI is InChI=1S/C39H29BN2/c1-24-25(2)42-36-18-10-17-35-38(36)40(34-16-9-15-28(24)39(34)42)33-22-19-27(23-37(33)41(35)3)30-21-20-29(26-11-5-4-6-12-26)31-13-7-8-14-32(30)31/h4-23H,1-3H3. The average molecular weight is 536 g/mol. The van der Waals surface area contributed by atoms with Crippen molar-refractivity contribution in [2.75, 3.05) is 11.9 Å². The van der Waals surface area contributed by atoms with Crippen LogP contribution < -0.4 is 21.3 Å². The molecule has 0 amide bonds. The summed E-state index contributed by atoms with van der Waals surface area (Å²) in [4.78, 5) is 2.41. The Kier molecular flexibility index (Phi) is 4.79. The second-order valence-corrected chi connectivity index (χ2v) is 11.8. The van der Waals surface area contributed by atoms with Gasteiger partial charge in [0.05, 0.1) is 0 Å². The molecule has 0 aliphatic carbocycles. The zero-order chi connectivity index (χ0) is 28.1. The third-order valence-electron chi connectivity index (χ3n) is 9.86. The van der Waals surface area contributed by atoms with Crippen molar-refractivity contribution in [3.8, 4) is 27.9 Å². The Hall–Kier alpha value is -5.02. The van der Waals surface area contributed by atoms with Gasteiger partial charge in [-0.05, 0) is 87.0 Å². The van der Waals surface area contributed by atoms with Crippen LogP contribution >= 0.6 is 0 Å². The highest BCUT2D eigenvalue weighted by Gasteiger charge is 2.40. The van der Waals surface area contributed by atoms with E-state index in [0.29, 0.717) is 0 Å². The Morgan fingerprint density at radius 3 is 1.98 bits per heavy atom. The highest BCUT2D eigenvalue weighted by atomic mass is 15.1. The van der Waals surface area contributed by atoms with Crippen molar-refractivity contribution < 1.29 is 0 Å². The molecule has 0 spiro atoms. The van der Waals surface area contributed by atoms with Crippen molar-refractivity contribution in [1.29, 1.82) is 0 Å². The van der Waals surface area contributed by atoms with E-state index in [9.17, 15) is 0 Å². The van der Waals surface area contributed by atoms with Crippen molar-refractivity contribution in [3.63, 3.8) is 0 Å². The molecule has 6 aromatic carbocycles. The Morgan fingerprint density at radius 1 is 0.524 bits per heavy atom. The van der Waals surface area contributed by atoms with Crippen LogP contribution in [-0.4, -0.2) is 18.3 Å². The first kappa shape index (κ1) is 23.7. The van der Waals surface area contributed by atoms with Crippen LogP contribution in [0.15, 0.2) is 121 Å². The van der Waals surface area contributed by atoms with Crippen molar-refractivity contribution >= 4 is 56.2 Å². The number of hydrogen-bond donors (Lipinski definition) is 0. The molecule has 1 aromatic heterocycles. The molecule has 42 heavy (non-hydrogen) atoms. The van der Waals surface area contributed by atoms with Crippen molar-refractivity contribution in [1.82, 2.24) is 4.57 Å². The summed E-state index contributed by atoms with van der Waals surface area (Å²) in [6.45, 7) is 4.73. The molecule has 2 aliphatic rings. The van der Waals surface area contributed by atoms with Crippen LogP contribution in [0.4, 0.5) is 11.4 Å². The van der Waals surface area contributed by atoms with Crippen LogP contribution in [0, 0.1) is 13.8 Å². The van der Waals surface area contributed by atoms with Crippen LogP contribution in [0.2, 0.25) is 0 Å². The number of hydrogen-bond acceptors (Lipinski definition) is 1. The molecule has 198 valence electrons. The third kappa shape index (κ3) is 3.00. The summed E-state index contributed by atoms with van der Waals surface area (Å²) >= 11 is 0. The molecule has 0 radical (unpaired) electrons. The molecular weight excluding hydrogens is 507 g/mol. The van der Waals surface area contributed by atoms with E-state index in [1.165, 1.54) is 88.6 Å². The zero-order valence-corrected chi connectivity index (χ0v) is 24.0. The van der Waals surface area contributed by atoms with Gasteiger partial charge < -0.3 is 9.47 Å². The molecule has 3 heterocycles. The average Bonchev–Trinajstić information content (AvgIpc) is 3.30. The van der Waals surface area contributed by atoms with Crippen LogP contribution in [-0.2, 0) is 0 Å². The Balaban J connectivity index is 1.28. The summed E-state index contributed by atoms with van der Waals surface area (Å²) in [6, 6.07) is 45.0. The van der Waals surface area contributed by atoms with Gasteiger partial charge in [0, 0.05) is 40.7 Å². The summed E-state index contributed by atoms with van der Waals surface area (Å²) in [6.07, 6.45) is 0. The van der Waals surface area contributed by atoms with E-state index in [0.717, 1.165) is 0 Å². The quantitative estimate of drug-likeness (QED) is 0.206. The molecule has 0 saturated heterocycles. The SMILES string of the molecule is Cc1c(C)n2c3c(cccc13)B1c3ccc(-c4ccc(-c5ccccc5)c5ccccc45)cc3N(C)c3cccc-2c31. The van der Waals surface area contributed by atoms with Gasteiger partial charge in [0.15, 0.2) is 0 Å². The lowest BCUT2D eigenvalue weighted by molar-refractivity contribution is 1.04. The molecule has 2 aliphatic heterocycles. The first-order valence-corrected chi connectivity index (χ1v) is 14.8. The predicted octanol–water partition coefficient (Wildman–Crippen LogP) is 7.65. The highest BCUT2D eigenvalue weighted by Crippen LogP contribution is 2.39. The molecule has 7 aromatic rings. The fourth-order valence-corrected chi connectivity index (χ4v) is 7.78. The Bertz CT molecular complexity index is 2240. The van der Waals surface area contributed by atoms with Gasteiger partial charge in [-0.25, -0.2) is 0 Å². The molecule has 0 saturated carbocycles. The topological polar surface area (TPSA) is 8.17 Å². The molecule has 0 atom stereocenters. The first-order chi connectivity index (χ1) is 20.6. The number of anilines is 2. The van der Waals surface area contributed by atoms with Gasteiger partial charge in [-0.1, -0.05) is 103 Å². The van der Waals surface area contributed by atoms with Crippen LogP contribution in [0.3, 0.4) is 0 Å². The van der Waals surface area contributed by atoms with Gasteiger partial charge >= 0.3 is 0 Å². The maximum absolute atomic E-state index is 2.50. The summed E-state index contributed by atoms with van der Waals surface area (Å²) < 4.78 is 2.50. The Labute approximate surface area is 246 Å². The van der Waals surface area contributed by atoms with Gasteiger partial charge in [0.25, 0.3) is 6.71 Å². The molecule has 0 N–H and O–H groups in total. The lowest BCUT2D eigenvalue weighted by Gasteiger charge is -2.38. The smallest absolute Gasteiger partial charge is 0.252 e. The second-order valence-electron chi connectivity index (χ2n) is 11.8. The number of nitrogens with zero attached hydrogens (tertiary/aromatic N) is 2. The summed E-state index contributed by atoms with van der Waals surface area (Å²) in [7, 11) is 2.23. The number of rotatable bonds is 2. The van der Waals surface area contributed by atoms with E-state index in [-0.39, 0.29) is 6.71 Å². The lowest BCUT2D eigenvalue weighted by atomic mass is 9.34. The van der Waals surface area contributed by atoms with Crippen molar-refractivity contribution in [2.45, 2.75) is 13.8 Å². The van der Waals surface area contributed by atoms with E-state index in [1.54, 1.807) is 0 Å². The monoisotopic (exact) mass is 536 g/mol. The summed E-state index contributed by atoms with van der Waals surface area (Å²) in [5, 5.41) is 3.93. The number of fused-ring (bicyclic) bond motifs is 5. The van der Waals surface area contributed by atoms with Crippen LogP contribution in [0.25, 0.3) is 49.6 Å². The summed E-state index contributed by atoms with van der Waals surface area (Å²) in [5.41, 5.74) is 17.2. The number of aromatic nitrogens is 1. The minimum atomic E-state index is 0.207. The van der Waals surface area contributed by atoms with Crippen molar-refractivity contribution in [3.05, 3.63) is 133 Å². The minimum absolute atomic E-state index is 0.207. The largest absolute Gasteiger partial charge is 0.345 e. The minimum Gasteiger partial charge on any atom is -0.345 e. The molecule has 2 nitrogen and oxygen atoms in total. The molecule has 9 rings (SSSR count). The Morgan fingerprint density at radius 2 is 1.19 bits per heavy atom. The first-order valence-electron chi connectivity index (χ1n) is 14.8. The molecule has 3 heteroatoms. The molecule has 0 unspecified atom stereocenters. The summed E-state index contributed by atoms with van der Waals surface area (Å²) in [5.74, 6) is 0. The maximum Gasteiger partial charge on any atom is 0.252 e. The molecule has 0 bridgehead atoms. The molecular formula is C39H29BN2. The number of para-hydroxylation sites is 1. The predicted molar refractivity (Wildman–Crippen MR) is 180 cm³/mol. The van der Waals surface area contributed by atoms with Gasteiger partial charge in [-0.15, -0.1) is 0 Å². The number of aryl methyl sites for hydroxylation is 1. The fourth-order valence-electron chi connectivity index (χ4n) is 7.78. The van der Waals surface area contributed by atoms with E-state index in [1.807, 2.05) is 0 Å². The zero-order valence-electron chi connectivity index (χ0n) is 24.0.